The fraction of sp³-hybridized carbons (Fsp3) is 0.387. The van der Waals surface area contributed by atoms with Crippen molar-refractivity contribution in [3.63, 3.8) is 0 Å². The van der Waals surface area contributed by atoms with Gasteiger partial charge in [0.25, 0.3) is 5.91 Å². The Morgan fingerprint density at radius 2 is 1.76 bits per heavy atom. The van der Waals surface area contributed by atoms with Gasteiger partial charge in [-0.2, -0.15) is 0 Å². The molecule has 1 saturated heterocycles. The molecular formula is C31H36N6O5. The number of nitrogens with one attached hydrogen (secondary N) is 4. The van der Waals surface area contributed by atoms with E-state index in [1.165, 1.54) is 18.6 Å². The number of nitrogens with zero attached hydrogens (tertiary/aromatic N) is 2. The molecule has 42 heavy (non-hydrogen) atoms. The molecule has 1 aliphatic rings. The molecule has 11 nitrogen and oxygen atoms in total. The normalized spacial score (nSPS) is 16.7. The molecule has 4 atom stereocenters. The van der Waals surface area contributed by atoms with Gasteiger partial charge in [0.2, 0.25) is 17.7 Å². The molecule has 0 bridgehead atoms. The number of hydrogen-bond donors (Lipinski definition) is 4. The summed E-state index contributed by atoms with van der Waals surface area (Å²) in [4.78, 5) is 71.9. The molecule has 4 rings (SSSR count). The second-order valence-electron chi connectivity index (χ2n) is 10.9. The smallest absolute Gasteiger partial charge is 0.272 e. The predicted octanol–water partition coefficient (Wildman–Crippen LogP) is 1.71. The van der Waals surface area contributed by atoms with Crippen LogP contribution >= 0.6 is 0 Å². The highest BCUT2D eigenvalue weighted by Gasteiger charge is 2.32. The molecule has 3 aromatic rings. The zero-order valence-corrected chi connectivity index (χ0v) is 23.7. The van der Waals surface area contributed by atoms with Crippen LogP contribution in [0, 0.1) is 11.8 Å². The van der Waals surface area contributed by atoms with Crippen molar-refractivity contribution >= 4 is 40.7 Å². The maximum absolute atomic E-state index is 13.8. The van der Waals surface area contributed by atoms with Crippen LogP contribution < -0.4 is 21.3 Å². The summed E-state index contributed by atoms with van der Waals surface area (Å²) in [7, 11) is 0. The van der Waals surface area contributed by atoms with Gasteiger partial charge in [0.1, 0.15) is 24.1 Å². The summed E-state index contributed by atoms with van der Waals surface area (Å²) in [6.45, 7) is 4.36. The Morgan fingerprint density at radius 3 is 2.45 bits per heavy atom. The number of benzene rings is 2. The number of aldehydes is 1. The Kier molecular flexibility index (Phi) is 10.3. The lowest BCUT2D eigenvalue weighted by Crippen LogP contribution is -2.56. The van der Waals surface area contributed by atoms with E-state index >= 15 is 0 Å². The molecule has 4 N–H and O–H groups in total. The Balaban J connectivity index is 1.54. The molecule has 2 heterocycles. The highest BCUT2D eigenvalue weighted by atomic mass is 16.2. The Labute approximate surface area is 244 Å². The van der Waals surface area contributed by atoms with Gasteiger partial charge >= 0.3 is 0 Å². The summed E-state index contributed by atoms with van der Waals surface area (Å²) >= 11 is 0. The second kappa shape index (κ2) is 14.3. The average molecular weight is 573 g/mol. The van der Waals surface area contributed by atoms with Crippen molar-refractivity contribution in [2.75, 3.05) is 6.54 Å². The van der Waals surface area contributed by atoms with Gasteiger partial charge in [-0.25, -0.2) is 4.98 Å². The highest BCUT2D eigenvalue weighted by molar-refractivity contribution is 5.98. The standard InChI is InChI=1S/C31H36N6O5/c1-19(2)14-25(29(40)35-23(18-38)15-22-10-11-34-28(22)39)36-30(41)26(37-31(42)27-17-32-12-13-33-27)16-21-8-5-7-20-6-3-4-9-24(20)21/h3-9,12-13,17-19,22-23,25-26H,10-11,14-16H2,1-2H3,(H,34,39)(H,35,40)(H,36,41)(H,37,42)/t22-,23?,25?,26?/m0/s1. The Bertz CT molecular complexity index is 1420. The van der Waals surface area contributed by atoms with Crippen molar-refractivity contribution in [3.05, 3.63) is 72.3 Å². The molecule has 0 aliphatic carbocycles. The van der Waals surface area contributed by atoms with Gasteiger partial charge < -0.3 is 26.1 Å². The lowest BCUT2D eigenvalue weighted by Gasteiger charge is -2.26. The first-order valence-corrected chi connectivity index (χ1v) is 14.1. The Hall–Kier alpha value is -4.67. The summed E-state index contributed by atoms with van der Waals surface area (Å²) in [5.74, 6) is -2.14. The number of amides is 4. The number of hydrogen-bond acceptors (Lipinski definition) is 7. The second-order valence-corrected chi connectivity index (χ2v) is 10.9. The summed E-state index contributed by atoms with van der Waals surface area (Å²) < 4.78 is 0. The highest BCUT2D eigenvalue weighted by Crippen LogP contribution is 2.20. The molecule has 220 valence electrons. The van der Waals surface area contributed by atoms with E-state index in [-0.39, 0.29) is 36.3 Å². The summed E-state index contributed by atoms with van der Waals surface area (Å²) in [6.07, 6.45) is 5.97. The number of carbonyl (C=O) groups excluding carboxylic acids is 5. The number of carbonyl (C=O) groups is 5. The molecule has 4 amide bonds. The lowest BCUT2D eigenvalue weighted by atomic mass is 9.96. The molecule has 11 heteroatoms. The van der Waals surface area contributed by atoms with E-state index < -0.39 is 35.8 Å². The average Bonchev–Trinajstić information content (AvgIpc) is 3.40. The SMILES string of the molecule is CC(C)CC(NC(=O)C(Cc1cccc2ccccc12)NC(=O)c1cnccn1)C(=O)NC(C=O)C[C@@H]1CCNC1=O. The zero-order chi connectivity index (χ0) is 30.1. The van der Waals surface area contributed by atoms with Gasteiger partial charge in [-0.15, -0.1) is 0 Å². The van der Waals surface area contributed by atoms with E-state index in [1.54, 1.807) is 0 Å². The zero-order valence-electron chi connectivity index (χ0n) is 23.7. The molecule has 2 aromatic carbocycles. The first-order chi connectivity index (χ1) is 20.2. The van der Waals surface area contributed by atoms with E-state index in [0.29, 0.717) is 25.7 Å². The van der Waals surface area contributed by atoms with Gasteiger partial charge in [0.05, 0.1) is 12.2 Å². The topological polar surface area (TPSA) is 159 Å². The summed E-state index contributed by atoms with van der Waals surface area (Å²) in [5, 5.41) is 12.9. The monoisotopic (exact) mass is 572 g/mol. The van der Waals surface area contributed by atoms with Crippen LogP contribution in [0.1, 0.15) is 49.2 Å². The van der Waals surface area contributed by atoms with Crippen LogP contribution in [0.15, 0.2) is 61.1 Å². The van der Waals surface area contributed by atoms with Crippen LogP contribution in [-0.4, -0.2) is 64.6 Å². The van der Waals surface area contributed by atoms with E-state index in [4.69, 9.17) is 0 Å². The largest absolute Gasteiger partial charge is 0.356 e. The first-order valence-electron chi connectivity index (χ1n) is 14.1. The molecule has 1 fully saturated rings. The molecule has 0 radical (unpaired) electrons. The fourth-order valence-electron chi connectivity index (χ4n) is 5.13. The van der Waals surface area contributed by atoms with Crippen molar-refractivity contribution in [2.24, 2.45) is 11.8 Å². The van der Waals surface area contributed by atoms with Crippen molar-refractivity contribution in [1.82, 2.24) is 31.2 Å². The van der Waals surface area contributed by atoms with Crippen molar-refractivity contribution in [1.29, 1.82) is 0 Å². The van der Waals surface area contributed by atoms with Crippen molar-refractivity contribution < 1.29 is 24.0 Å². The number of fused-ring (bicyclic) bond motifs is 1. The maximum Gasteiger partial charge on any atom is 0.272 e. The predicted molar refractivity (Wildman–Crippen MR) is 156 cm³/mol. The quantitative estimate of drug-likeness (QED) is 0.227. The van der Waals surface area contributed by atoms with Crippen LogP contribution in [0.25, 0.3) is 10.8 Å². The molecule has 1 aromatic heterocycles. The van der Waals surface area contributed by atoms with Crippen LogP contribution in [-0.2, 0) is 25.6 Å². The van der Waals surface area contributed by atoms with Gasteiger partial charge in [-0.3, -0.25) is 24.2 Å². The van der Waals surface area contributed by atoms with E-state index in [1.807, 2.05) is 56.3 Å². The van der Waals surface area contributed by atoms with Gasteiger partial charge in [-0.1, -0.05) is 56.3 Å². The molecule has 0 spiro atoms. The van der Waals surface area contributed by atoms with Crippen LogP contribution in [0.4, 0.5) is 0 Å². The van der Waals surface area contributed by atoms with Crippen LogP contribution in [0.5, 0.6) is 0 Å². The minimum Gasteiger partial charge on any atom is -0.356 e. The molecule has 3 unspecified atom stereocenters. The molecule has 1 aliphatic heterocycles. The lowest BCUT2D eigenvalue weighted by molar-refractivity contribution is -0.131. The third-order valence-electron chi connectivity index (χ3n) is 7.25. The van der Waals surface area contributed by atoms with Crippen molar-refractivity contribution in [3.8, 4) is 0 Å². The maximum atomic E-state index is 13.8. The fourth-order valence-corrected chi connectivity index (χ4v) is 5.13. The first kappa shape index (κ1) is 30.3. The minimum absolute atomic E-state index is 0.0297. The van der Waals surface area contributed by atoms with Crippen molar-refractivity contribution in [2.45, 2.75) is 57.7 Å². The van der Waals surface area contributed by atoms with Gasteiger partial charge in [-0.05, 0) is 41.5 Å². The van der Waals surface area contributed by atoms with Gasteiger partial charge in [0.15, 0.2) is 0 Å². The number of aromatic nitrogens is 2. The molecule has 0 saturated carbocycles. The Morgan fingerprint density at radius 1 is 1.00 bits per heavy atom. The van der Waals surface area contributed by atoms with E-state index in [0.717, 1.165) is 16.3 Å². The summed E-state index contributed by atoms with van der Waals surface area (Å²) in [6, 6.07) is 10.6. The minimum atomic E-state index is -1.04. The number of rotatable bonds is 13. The summed E-state index contributed by atoms with van der Waals surface area (Å²) in [5.41, 5.74) is 0.892. The third-order valence-corrected chi connectivity index (χ3v) is 7.25. The van der Waals surface area contributed by atoms with Crippen LogP contribution in [0.2, 0.25) is 0 Å². The van der Waals surface area contributed by atoms with E-state index in [9.17, 15) is 24.0 Å². The van der Waals surface area contributed by atoms with Gasteiger partial charge in [0, 0.05) is 31.3 Å². The van der Waals surface area contributed by atoms with Crippen LogP contribution in [0.3, 0.4) is 0 Å². The molecular weight excluding hydrogens is 536 g/mol. The third kappa shape index (κ3) is 7.96. The van der Waals surface area contributed by atoms with E-state index in [2.05, 4.69) is 31.2 Å².